The number of aryl methyl sites for hydroxylation is 1. The van der Waals surface area contributed by atoms with Crippen molar-refractivity contribution in [3.63, 3.8) is 0 Å². The highest BCUT2D eigenvalue weighted by molar-refractivity contribution is 5.54. The van der Waals surface area contributed by atoms with E-state index in [1.54, 1.807) is 7.11 Å². The number of nitrogens with two attached hydrogens (primary N) is 1. The van der Waals surface area contributed by atoms with Crippen LogP contribution in [0.25, 0.3) is 0 Å². The van der Waals surface area contributed by atoms with Crippen LogP contribution in [0.4, 0.5) is 11.4 Å². The van der Waals surface area contributed by atoms with Gasteiger partial charge in [0, 0.05) is 23.5 Å². The minimum atomic E-state index is 0.611. The van der Waals surface area contributed by atoms with Gasteiger partial charge in [-0.3, -0.25) is 0 Å². The largest absolute Gasteiger partial charge is 0.496 e. The highest BCUT2D eigenvalue weighted by atomic mass is 16.5. The van der Waals surface area contributed by atoms with Crippen LogP contribution in [0.2, 0.25) is 0 Å². The van der Waals surface area contributed by atoms with E-state index in [4.69, 9.17) is 15.7 Å². The molecule has 0 saturated carbocycles. The molecular formula is C16H17N3O. The number of hydrogen-bond donors (Lipinski definition) is 2. The fourth-order valence-electron chi connectivity index (χ4n) is 2.03. The molecule has 3 N–H and O–H groups in total. The van der Waals surface area contributed by atoms with Gasteiger partial charge in [-0.05, 0) is 48.9 Å². The minimum Gasteiger partial charge on any atom is -0.496 e. The Morgan fingerprint density at radius 1 is 1.25 bits per heavy atom. The van der Waals surface area contributed by atoms with Crippen molar-refractivity contribution in [2.75, 3.05) is 18.2 Å². The lowest BCUT2D eigenvalue weighted by molar-refractivity contribution is 0.410. The molecule has 102 valence electrons. The Morgan fingerprint density at radius 2 is 2.05 bits per heavy atom. The van der Waals surface area contributed by atoms with E-state index in [9.17, 15) is 0 Å². The summed E-state index contributed by atoms with van der Waals surface area (Å²) in [6.07, 6.45) is 0. The van der Waals surface area contributed by atoms with Gasteiger partial charge in [-0.25, -0.2) is 0 Å². The maximum atomic E-state index is 8.92. The predicted molar refractivity (Wildman–Crippen MR) is 80.6 cm³/mol. The third-order valence-corrected chi connectivity index (χ3v) is 3.13. The summed E-state index contributed by atoms with van der Waals surface area (Å²) in [5.74, 6) is 0.803. The Morgan fingerprint density at radius 3 is 2.70 bits per heavy atom. The SMILES string of the molecule is COc1ccc(N)cc1CNc1ccc(C#N)c(C)c1. The molecule has 0 aliphatic rings. The van der Waals surface area contributed by atoms with Gasteiger partial charge >= 0.3 is 0 Å². The molecule has 0 unspecified atom stereocenters. The zero-order chi connectivity index (χ0) is 14.5. The molecular weight excluding hydrogens is 250 g/mol. The van der Waals surface area contributed by atoms with Crippen molar-refractivity contribution < 1.29 is 4.74 Å². The molecule has 4 nitrogen and oxygen atoms in total. The second kappa shape index (κ2) is 5.98. The zero-order valence-corrected chi connectivity index (χ0v) is 11.6. The van der Waals surface area contributed by atoms with Gasteiger partial charge in [0.15, 0.2) is 0 Å². The third kappa shape index (κ3) is 3.01. The summed E-state index contributed by atoms with van der Waals surface area (Å²) in [6.45, 7) is 2.53. The average Bonchev–Trinajstić information content (AvgIpc) is 2.45. The van der Waals surface area contributed by atoms with Crippen LogP contribution in [0.15, 0.2) is 36.4 Å². The monoisotopic (exact) mass is 267 g/mol. The molecule has 4 heteroatoms. The molecule has 20 heavy (non-hydrogen) atoms. The van der Waals surface area contributed by atoms with Crippen LogP contribution in [-0.2, 0) is 6.54 Å². The number of methoxy groups -OCH3 is 1. The third-order valence-electron chi connectivity index (χ3n) is 3.13. The average molecular weight is 267 g/mol. The van der Waals surface area contributed by atoms with E-state index >= 15 is 0 Å². The molecule has 0 spiro atoms. The summed E-state index contributed by atoms with van der Waals surface area (Å²) in [7, 11) is 1.64. The van der Waals surface area contributed by atoms with Crippen LogP contribution in [0.5, 0.6) is 5.75 Å². The molecule has 0 aliphatic heterocycles. The van der Waals surface area contributed by atoms with Crippen LogP contribution >= 0.6 is 0 Å². The fraction of sp³-hybridized carbons (Fsp3) is 0.188. The van der Waals surface area contributed by atoms with Crippen molar-refractivity contribution in [3.8, 4) is 11.8 Å². The van der Waals surface area contributed by atoms with Gasteiger partial charge in [0.05, 0.1) is 18.7 Å². The van der Waals surface area contributed by atoms with Crippen LogP contribution in [0, 0.1) is 18.3 Å². The number of rotatable bonds is 4. The maximum Gasteiger partial charge on any atom is 0.123 e. The number of nitrogens with one attached hydrogen (secondary N) is 1. The molecule has 0 fully saturated rings. The van der Waals surface area contributed by atoms with Gasteiger partial charge in [0.1, 0.15) is 5.75 Å². The molecule has 0 atom stereocenters. The Balaban J connectivity index is 2.15. The second-order valence-corrected chi connectivity index (χ2v) is 4.57. The van der Waals surface area contributed by atoms with Crippen molar-refractivity contribution in [1.82, 2.24) is 0 Å². The molecule has 2 rings (SSSR count). The van der Waals surface area contributed by atoms with Crippen molar-refractivity contribution in [2.45, 2.75) is 13.5 Å². The van der Waals surface area contributed by atoms with Gasteiger partial charge in [-0.2, -0.15) is 5.26 Å². The first-order valence-corrected chi connectivity index (χ1v) is 6.31. The lowest BCUT2D eigenvalue weighted by Crippen LogP contribution is -2.03. The topological polar surface area (TPSA) is 71.1 Å². The fourth-order valence-corrected chi connectivity index (χ4v) is 2.03. The molecule has 0 radical (unpaired) electrons. The smallest absolute Gasteiger partial charge is 0.123 e. The van der Waals surface area contributed by atoms with Crippen LogP contribution in [0.1, 0.15) is 16.7 Å². The molecule has 0 heterocycles. The summed E-state index contributed by atoms with van der Waals surface area (Å²) < 4.78 is 5.31. The van der Waals surface area contributed by atoms with Crippen LogP contribution in [0.3, 0.4) is 0 Å². The van der Waals surface area contributed by atoms with E-state index in [2.05, 4.69) is 11.4 Å². The van der Waals surface area contributed by atoms with E-state index < -0.39 is 0 Å². The van der Waals surface area contributed by atoms with E-state index in [0.29, 0.717) is 17.8 Å². The Bertz CT molecular complexity index is 659. The quantitative estimate of drug-likeness (QED) is 0.835. The lowest BCUT2D eigenvalue weighted by atomic mass is 10.1. The van der Waals surface area contributed by atoms with Gasteiger partial charge < -0.3 is 15.8 Å². The normalized spacial score (nSPS) is 9.85. The molecule has 0 saturated heterocycles. The number of nitriles is 1. The minimum absolute atomic E-state index is 0.611. The van der Waals surface area contributed by atoms with E-state index in [1.165, 1.54) is 0 Å². The number of hydrogen-bond acceptors (Lipinski definition) is 4. The van der Waals surface area contributed by atoms with E-state index in [1.807, 2.05) is 43.3 Å². The Hall–Kier alpha value is -2.67. The van der Waals surface area contributed by atoms with Crippen LogP contribution < -0.4 is 15.8 Å². The highest BCUT2D eigenvalue weighted by Gasteiger charge is 2.04. The van der Waals surface area contributed by atoms with Crippen molar-refractivity contribution >= 4 is 11.4 Å². The molecule has 0 bridgehead atoms. The van der Waals surface area contributed by atoms with Crippen molar-refractivity contribution in [1.29, 1.82) is 5.26 Å². The van der Waals surface area contributed by atoms with Gasteiger partial charge in [-0.15, -0.1) is 0 Å². The molecule has 2 aromatic carbocycles. The number of benzene rings is 2. The summed E-state index contributed by atoms with van der Waals surface area (Å²) in [5.41, 5.74) is 10.1. The first-order chi connectivity index (χ1) is 9.63. The van der Waals surface area contributed by atoms with Gasteiger partial charge in [-0.1, -0.05) is 0 Å². The number of nitrogen functional groups attached to an aromatic ring is 1. The summed E-state index contributed by atoms with van der Waals surface area (Å²) in [6, 6.07) is 13.4. The van der Waals surface area contributed by atoms with Crippen molar-refractivity contribution in [2.24, 2.45) is 0 Å². The summed E-state index contributed by atoms with van der Waals surface area (Å²) >= 11 is 0. The zero-order valence-electron chi connectivity index (χ0n) is 11.6. The number of nitrogens with zero attached hydrogens (tertiary/aromatic N) is 1. The molecule has 0 aliphatic carbocycles. The Labute approximate surface area is 118 Å². The first-order valence-electron chi connectivity index (χ1n) is 6.31. The molecule has 0 amide bonds. The predicted octanol–water partition coefficient (Wildman–Crippen LogP) is 3.07. The van der Waals surface area contributed by atoms with Crippen molar-refractivity contribution in [3.05, 3.63) is 53.1 Å². The lowest BCUT2D eigenvalue weighted by Gasteiger charge is -2.12. The highest BCUT2D eigenvalue weighted by Crippen LogP contribution is 2.23. The summed E-state index contributed by atoms with van der Waals surface area (Å²) in [5, 5.41) is 12.2. The number of ether oxygens (including phenoxy) is 1. The number of anilines is 2. The second-order valence-electron chi connectivity index (χ2n) is 4.57. The first kappa shape index (κ1) is 13.8. The summed E-state index contributed by atoms with van der Waals surface area (Å²) in [4.78, 5) is 0. The standard InChI is InChI=1S/C16H17N3O/c1-11-7-15(5-3-12(11)9-17)19-10-13-8-14(18)4-6-16(13)20-2/h3-8,19H,10,18H2,1-2H3. The van der Waals surface area contributed by atoms with Gasteiger partial charge in [0.25, 0.3) is 0 Å². The van der Waals surface area contributed by atoms with E-state index in [0.717, 1.165) is 22.6 Å². The van der Waals surface area contributed by atoms with Gasteiger partial charge in [0.2, 0.25) is 0 Å². The Kier molecular flexibility index (Phi) is 4.11. The maximum absolute atomic E-state index is 8.92. The van der Waals surface area contributed by atoms with Crippen LogP contribution in [-0.4, -0.2) is 7.11 Å². The molecule has 2 aromatic rings. The van der Waals surface area contributed by atoms with E-state index in [-0.39, 0.29) is 0 Å². The molecule has 0 aromatic heterocycles.